The van der Waals surface area contributed by atoms with Gasteiger partial charge in [-0.3, -0.25) is 14.6 Å². The van der Waals surface area contributed by atoms with E-state index in [1.807, 2.05) is 6.07 Å². The number of amides is 1. The standard InChI is InChI=1S/C19H29N3O2/c1-15-10-22(11-16(2)24-15)14-19(23)20-18-8-9-21(13-18)12-17-6-4-3-5-7-17/h3-7,15-16,18H,8-14H2,1-2H3,(H,20,23)/t15-,16-,18+/m1/s1. The smallest absolute Gasteiger partial charge is 0.234 e. The molecule has 0 saturated carbocycles. The van der Waals surface area contributed by atoms with E-state index in [-0.39, 0.29) is 24.2 Å². The number of ether oxygens (including phenoxy) is 1. The van der Waals surface area contributed by atoms with Gasteiger partial charge in [-0.25, -0.2) is 0 Å². The van der Waals surface area contributed by atoms with E-state index in [9.17, 15) is 4.79 Å². The summed E-state index contributed by atoms with van der Waals surface area (Å²) in [6, 6.07) is 10.8. The molecule has 3 rings (SSSR count). The fourth-order valence-electron chi connectivity index (χ4n) is 3.83. The second-order valence-corrected chi connectivity index (χ2v) is 7.23. The number of rotatable bonds is 5. The van der Waals surface area contributed by atoms with Crippen LogP contribution >= 0.6 is 0 Å². The van der Waals surface area contributed by atoms with Crippen LogP contribution in [0.2, 0.25) is 0 Å². The highest BCUT2D eigenvalue weighted by Crippen LogP contribution is 2.14. The van der Waals surface area contributed by atoms with Gasteiger partial charge in [-0.1, -0.05) is 30.3 Å². The molecule has 0 unspecified atom stereocenters. The average molecular weight is 331 g/mol. The first-order chi connectivity index (χ1) is 11.6. The maximum absolute atomic E-state index is 12.3. The highest BCUT2D eigenvalue weighted by atomic mass is 16.5. The van der Waals surface area contributed by atoms with Gasteiger partial charge >= 0.3 is 0 Å². The van der Waals surface area contributed by atoms with Crippen molar-refractivity contribution in [2.75, 3.05) is 32.7 Å². The summed E-state index contributed by atoms with van der Waals surface area (Å²) in [5.41, 5.74) is 1.33. The van der Waals surface area contributed by atoms with Crippen LogP contribution in [-0.4, -0.2) is 66.7 Å². The number of likely N-dealkylation sites (tertiary alicyclic amines) is 1. The van der Waals surface area contributed by atoms with Crippen LogP contribution in [0.15, 0.2) is 30.3 Å². The zero-order chi connectivity index (χ0) is 16.9. The van der Waals surface area contributed by atoms with E-state index in [0.29, 0.717) is 6.54 Å². The Morgan fingerprint density at radius 1 is 1.12 bits per heavy atom. The van der Waals surface area contributed by atoms with Gasteiger partial charge in [-0.2, -0.15) is 0 Å². The quantitative estimate of drug-likeness (QED) is 0.888. The SMILES string of the molecule is C[C@@H]1CN(CC(=O)N[C@H]2CCN(Cc3ccccc3)C2)C[C@@H](C)O1. The van der Waals surface area contributed by atoms with Crippen LogP contribution in [0.25, 0.3) is 0 Å². The first-order valence-corrected chi connectivity index (χ1v) is 9.02. The van der Waals surface area contributed by atoms with Crippen LogP contribution in [0, 0.1) is 0 Å². The van der Waals surface area contributed by atoms with Crippen molar-refractivity contribution in [1.82, 2.24) is 15.1 Å². The Morgan fingerprint density at radius 2 is 1.83 bits per heavy atom. The molecule has 5 nitrogen and oxygen atoms in total. The summed E-state index contributed by atoms with van der Waals surface area (Å²) in [6.45, 7) is 9.24. The van der Waals surface area contributed by atoms with Crippen molar-refractivity contribution in [2.45, 2.75) is 45.1 Å². The number of carbonyl (C=O) groups is 1. The second kappa shape index (κ2) is 8.10. The summed E-state index contributed by atoms with van der Waals surface area (Å²) in [6.07, 6.45) is 1.44. The highest BCUT2D eigenvalue weighted by Gasteiger charge is 2.27. The zero-order valence-corrected chi connectivity index (χ0v) is 14.8. The maximum Gasteiger partial charge on any atom is 0.234 e. The van der Waals surface area contributed by atoms with Gasteiger partial charge in [-0.15, -0.1) is 0 Å². The van der Waals surface area contributed by atoms with Gasteiger partial charge in [0, 0.05) is 38.8 Å². The normalized spacial score (nSPS) is 28.8. The molecule has 2 fully saturated rings. The molecular weight excluding hydrogens is 302 g/mol. The van der Waals surface area contributed by atoms with Crippen molar-refractivity contribution >= 4 is 5.91 Å². The second-order valence-electron chi connectivity index (χ2n) is 7.23. The van der Waals surface area contributed by atoms with Crippen LogP contribution < -0.4 is 5.32 Å². The minimum Gasteiger partial charge on any atom is -0.373 e. The molecule has 1 aromatic carbocycles. The van der Waals surface area contributed by atoms with E-state index in [4.69, 9.17) is 4.74 Å². The third-order valence-corrected chi connectivity index (χ3v) is 4.75. The Hall–Kier alpha value is -1.43. The Kier molecular flexibility index (Phi) is 5.87. The van der Waals surface area contributed by atoms with Gasteiger partial charge in [-0.05, 0) is 25.8 Å². The summed E-state index contributed by atoms with van der Waals surface area (Å²) in [5, 5.41) is 3.21. The lowest BCUT2D eigenvalue weighted by atomic mass is 10.2. The summed E-state index contributed by atoms with van der Waals surface area (Å²) >= 11 is 0. The molecule has 0 spiro atoms. The van der Waals surface area contributed by atoms with E-state index in [1.54, 1.807) is 0 Å². The van der Waals surface area contributed by atoms with Gasteiger partial charge in [0.15, 0.2) is 0 Å². The molecule has 0 aromatic heterocycles. The van der Waals surface area contributed by atoms with Crippen LogP contribution in [0.5, 0.6) is 0 Å². The lowest BCUT2D eigenvalue weighted by Gasteiger charge is -2.34. The van der Waals surface area contributed by atoms with Gasteiger partial charge in [0.25, 0.3) is 0 Å². The molecule has 2 aliphatic heterocycles. The molecule has 0 aliphatic carbocycles. The topological polar surface area (TPSA) is 44.8 Å². The van der Waals surface area contributed by atoms with E-state index in [2.05, 4.69) is 53.2 Å². The number of benzene rings is 1. The van der Waals surface area contributed by atoms with Crippen molar-refractivity contribution in [3.8, 4) is 0 Å². The maximum atomic E-state index is 12.3. The highest BCUT2D eigenvalue weighted by molar-refractivity contribution is 5.78. The molecule has 2 aliphatic rings. The third kappa shape index (κ3) is 5.03. The minimum atomic E-state index is 0.142. The molecule has 24 heavy (non-hydrogen) atoms. The van der Waals surface area contributed by atoms with Gasteiger partial charge in [0.1, 0.15) is 0 Å². The monoisotopic (exact) mass is 331 g/mol. The van der Waals surface area contributed by atoms with E-state index in [1.165, 1.54) is 5.56 Å². The molecule has 132 valence electrons. The molecule has 5 heteroatoms. The first-order valence-electron chi connectivity index (χ1n) is 9.02. The number of carbonyl (C=O) groups excluding carboxylic acids is 1. The average Bonchev–Trinajstić information content (AvgIpc) is 2.94. The third-order valence-electron chi connectivity index (χ3n) is 4.75. The van der Waals surface area contributed by atoms with Crippen LogP contribution in [0.3, 0.4) is 0 Å². The van der Waals surface area contributed by atoms with E-state index < -0.39 is 0 Å². The first kappa shape index (κ1) is 17.4. The fraction of sp³-hybridized carbons (Fsp3) is 0.632. The minimum absolute atomic E-state index is 0.142. The van der Waals surface area contributed by atoms with Crippen molar-refractivity contribution in [1.29, 1.82) is 0 Å². The van der Waals surface area contributed by atoms with Crippen LogP contribution in [0.4, 0.5) is 0 Å². The van der Waals surface area contributed by atoms with E-state index in [0.717, 1.165) is 39.1 Å². The summed E-state index contributed by atoms with van der Waals surface area (Å²) in [7, 11) is 0. The molecule has 1 N–H and O–H groups in total. The van der Waals surface area contributed by atoms with Crippen LogP contribution in [-0.2, 0) is 16.1 Å². The van der Waals surface area contributed by atoms with Gasteiger partial charge in [0.2, 0.25) is 5.91 Å². The number of hydrogen-bond donors (Lipinski definition) is 1. The molecule has 2 heterocycles. The molecule has 1 aromatic rings. The predicted octanol–water partition coefficient (Wildman–Crippen LogP) is 1.49. The largest absolute Gasteiger partial charge is 0.373 e. The lowest BCUT2D eigenvalue weighted by Crippen LogP contribution is -2.50. The Morgan fingerprint density at radius 3 is 2.54 bits per heavy atom. The number of hydrogen-bond acceptors (Lipinski definition) is 4. The Balaban J connectivity index is 1.41. The number of nitrogens with one attached hydrogen (secondary N) is 1. The Labute approximate surface area is 145 Å². The molecule has 0 radical (unpaired) electrons. The summed E-state index contributed by atoms with van der Waals surface area (Å²) in [5.74, 6) is 0.142. The van der Waals surface area contributed by atoms with Gasteiger partial charge in [0.05, 0.1) is 18.8 Å². The predicted molar refractivity (Wildman–Crippen MR) is 94.7 cm³/mol. The molecule has 1 amide bonds. The Bertz CT molecular complexity index is 527. The molecular formula is C19H29N3O2. The molecule has 3 atom stereocenters. The number of morpholine rings is 1. The van der Waals surface area contributed by atoms with Crippen molar-refractivity contribution in [3.05, 3.63) is 35.9 Å². The van der Waals surface area contributed by atoms with E-state index >= 15 is 0 Å². The fourth-order valence-corrected chi connectivity index (χ4v) is 3.83. The summed E-state index contributed by atoms with van der Waals surface area (Å²) in [4.78, 5) is 16.9. The molecule has 0 bridgehead atoms. The van der Waals surface area contributed by atoms with Crippen molar-refractivity contribution < 1.29 is 9.53 Å². The summed E-state index contributed by atoms with van der Waals surface area (Å²) < 4.78 is 5.72. The molecule has 2 saturated heterocycles. The van der Waals surface area contributed by atoms with Crippen molar-refractivity contribution in [2.24, 2.45) is 0 Å². The van der Waals surface area contributed by atoms with Crippen LogP contribution in [0.1, 0.15) is 25.8 Å². The van der Waals surface area contributed by atoms with Crippen molar-refractivity contribution in [3.63, 3.8) is 0 Å². The number of nitrogens with zero attached hydrogens (tertiary/aromatic N) is 2. The zero-order valence-electron chi connectivity index (χ0n) is 14.8. The van der Waals surface area contributed by atoms with Gasteiger partial charge < -0.3 is 10.1 Å². The lowest BCUT2D eigenvalue weighted by molar-refractivity contribution is -0.126.